The molecule has 0 radical (unpaired) electrons. The van der Waals surface area contributed by atoms with Crippen molar-refractivity contribution in [3.05, 3.63) is 47.4 Å². The fourth-order valence-electron chi connectivity index (χ4n) is 3.32. The van der Waals surface area contributed by atoms with Crippen LogP contribution in [0.5, 0.6) is 0 Å². The lowest BCUT2D eigenvalue weighted by molar-refractivity contribution is -0.142. The van der Waals surface area contributed by atoms with Gasteiger partial charge >= 0.3 is 0 Å². The second kappa shape index (κ2) is 5.98. The molecular weight excluding hydrogens is 313 g/mol. The third-order valence-electron chi connectivity index (χ3n) is 4.65. The maximum atomic E-state index is 13.9. The van der Waals surface area contributed by atoms with E-state index < -0.39 is 0 Å². The highest BCUT2D eigenvalue weighted by molar-refractivity contribution is 5.83. The highest BCUT2D eigenvalue weighted by atomic mass is 19.1. The van der Waals surface area contributed by atoms with Crippen LogP contribution >= 0.6 is 0 Å². The second-order valence-corrected chi connectivity index (χ2v) is 6.25. The largest absolute Gasteiger partial charge is 0.423 e. The Bertz CT molecular complexity index is 763. The number of amides is 1. The minimum absolute atomic E-state index is 0.00686. The molecule has 7 heteroatoms. The van der Waals surface area contributed by atoms with Crippen LogP contribution in [0, 0.1) is 18.7 Å². The molecule has 2 heterocycles. The minimum Gasteiger partial charge on any atom is -0.423 e. The van der Waals surface area contributed by atoms with E-state index in [9.17, 15) is 9.18 Å². The summed E-state index contributed by atoms with van der Waals surface area (Å²) in [4.78, 5) is 14.6. The Kier molecular flexibility index (Phi) is 3.80. The number of carbonyl (C=O) groups excluding carboxylic acids is 1. The van der Waals surface area contributed by atoms with Crippen LogP contribution in [0.3, 0.4) is 0 Å². The van der Waals surface area contributed by atoms with Crippen molar-refractivity contribution in [2.45, 2.75) is 25.3 Å². The molecule has 0 bridgehead atoms. The molecule has 126 valence electrons. The van der Waals surface area contributed by atoms with Crippen LogP contribution in [0.1, 0.15) is 35.7 Å². The summed E-state index contributed by atoms with van der Waals surface area (Å²) in [6.07, 6.45) is 0.673. The van der Waals surface area contributed by atoms with Crippen molar-refractivity contribution >= 4 is 5.91 Å². The Morgan fingerprint density at radius 1 is 1.33 bits per heavy atom. The Morgan fingerprint density at radius 3 is 2.92 bits per heavy atom. The monoisotopic (exact) mass is 331 g/mol. The zero-order chi connectivity index (χ0) is 16.7. The molecule has 1 aromatic heterocycles. The molecule has 0 spiro atoms. The van der Waals surface area contributed by atoms with Gasteiger partial charge in [-0.2, -0.15) is 0 Å². The number of aryl methyl sites for hydroxylation is 1. The van der Waals surface area contributed by atoms with Crippen molar-refractivity contribution in [2.75, 3.05) is 19.8 Å². The maximum absolute atomic E-state index is 13.9. The summed E-state index contributed by atoms with van der Waals surface area (Å²) in [5.41, 5.74) is 0.620. The van der Waals surface area contributed by atoms with Gasteiger partial charge in [-0.1, -0.05) is 18.2 Å². The molecule has 1 saturated heterocycles. The lowest BCUT2D eigenvalue weighted by Crippen LogP contribution is -2.44. The molecule has 1 aliphatic heterocycles. The van der Waals surface area contributed by atoms with E-state index in [2.05, 4.69) is 10.2 Å². The van der Waals surface area contributed by atoms with Crippen LogP contribution in [0.4, 0.5) is 4.39 Å². The number of hydrogen-bond donors (Lipinski definition) is 0. The Morgan fingerprint density at radius 2 is 2.17 bits per heavy atom. The predicted octanol–water partition coefficient (Wildman–Crippen LogP) is 2.22. The lowest BCUT2D eigenvalue weighted by Gasteiger charge is -2.33. The molecule has 3 atom stereocenters. The van der Waals surface area contributed by atoms with Crippen LogP contribution in [-0.2, 0) is 9.53 Å². The average Bonchev–Trinajstić information content (AvgIpc) is 3.28. The van der Waals surface area contributed by atoms with Crippen molar-refractivity contribution in [1.29, 1.82) is 0 Å². The molecule has 0 N–H and O–H groups in total. The van der Waals surface area contributed by atoms with E-state index in [0.29, 0.717) is 43.5 Å². The fourth-order valence-corrected chi connectivity index (χ4v) is 3.32. The Hall–Kier alpha value is -2.28. The number of rotatable bonds is 3. The van der Waals surface area contributed by atoms with E-state index in [1.807, 2.05) is 0 Å². The first-order valence-corrected chi connectivity index (χ1v) is 8.08. The van der Waals surface area contributed by atoms with Gasteiger partial charge < -0.3 is 14.1 Å². The van der Waals surface area contributed by atoms with Crippen molar-refractivity contribution < 1.29 is 18.3 Å². The third kappa shape index (κ3) is 2.69. The van der Waals surface area contributed by atoms with Crippen LogP contribution in [0.15, 0.2) is 28.7 Å². The standard InChI is InChI=1S/C17H18FN3O3/c1-10-19-20-16(24-10)15-9-23-7-6-21(15)17(22)13-8-12(13)11-4-2-3-5-14(11)18/h2-5,12-13,15H,6-9H2,1H3/t12-,13-,15+/m1/s1. The van der Waals surface area contributed by atoms with Gasteiger partial charge in [-0.15, -0.1) is 10.2 Å². The fraction of sp³-hybridized carbons (Fsp3) is 0.471. The number of halogens is 1. The molecule has 6 nitrogen and oxygen atoms in total. The first kappa shape index (κ1) is 15.3. The van der Waals surface area contributed by atoms with E-state index >= 15 is 0 Å². The van der Waals surface area contributed by atoms with Crippen LogP contribution in [-0.4, -0.2) is 40.8 Å². The molecule has 0 unspecified atom stereocenters. The molecule has 2 aromatic rings. The van der Waals surface area contributed by atoms with Crippen LogP contribution in [0.25, 0.3) is 0 Å². The summed E-state index contributed by atoms with van der Waals surface area (Å²) in [5.74, 6) is 0.372. The van der Waals surface area contributed by atoms with Gasteiger partial charge in [0, 0.05) is 19.4 Å². The molecule has 2 fully saturated rings. The van der Waals surface area contributed by atoms with Gasteiger partial charge in [0.2, 0.25) is 17.7 Å². The summed E-state index contributed by atoms with van der Waals surface area (Å²) in [7, 11) is 0. The summed E-state index contributed by atoms with van der Waals surface area (Å²) in [5, 5.41) is 7.85. The maximum Gasteiger partial charge on any atom is 0.241 e. The molecule has 4 rings (SSSR count). The number of ether oxygens (including phenoxy) is 1. The van der Waals surface area contributed by atoms with Gasteiger partial charge in [0.1, 0.15) is 11.9 Å². The number of hydrogen-bond acceptors (Lipinski definition) is 5. The zero-order valence-electron chi connectivity index (χ0n) is 13.3. The molecule has 1 aromatic carbocycles. The van der Waals surface area contributed by atoms with Gasteiger partial charge in [0.25, 0.3) is 0 Å². The van der Waals surface area contributed by atoms with E-state index in [4.69, 9.17) is 9.15 Å². The number of nitrogens with zero attached hydrogens (tertiary/aromatic N) is 3. The average molecular weight is 331 g/mol. The number of morpholine rings is 1. The van der Waals surface area contributed by atoms with E-state index in [-0.39, 0.29) is 29.6 Å². The van der Waals surface area contributed by atoms with Crippen molar-refractivity contribution in [3.63, 3.8) is 0 Å². The summed E-state index contributed by atoms with van der Waals surface area (Å²) < 4.78 is 24.9. The van der Waals surface area contributed by atoms with Gasteiger partial charge in [-0.05, 0) is 24.0 Å². The summed E-state index contributed by atoms with van der Waals surface area (Å²) in [6.45, 7) is 3.00. The number of carbonyl (C=O) groups is 1. The van der Waals surface area contributed by atoms with E-state index in [1.165, 1.54) is 6.07 Å². The summed E-state index contributed by atoms with van der Waals surface area (Å²) >= 11 is 0. The van der Waals surface area contributed by atoms with Gasteiger partial charge in [0.15, 0.2) is 0 Å². The minimum atomic E-state index is -0.366. The predicted molar refractivity (Wildman–Crippen MR) is 81.6 cm³/mol. The van der Waals surface area contributed by atoms with Gasteiger partial charge in [-0.3, -0.25) is 4.79 Å². The van der Waals surface area contributed by atoms with E-state index in [1.54, 1.807) is 30.0 Å². The molecule has 1 saturated carbocycles. The van der Waals surface area contributed by atoms with Crippen molar-refractivity contribution in [1.82, 2.24) is 15.1 Å². The Labute approximate surface area is 138 Å². The molecule has 2 aliphatic rings. The second-order valence-electron chi connectivity index (χ2n) is 6.25. The normalized spacial score (nSPS) is 26.4. The first-order valence-electron chi connectivity index (χ1n) is 8.08. The molecule has 1 amide bonds. The van der Waals surface area contributed by atoms with Crippen molar-refractivity contribution in [3.8, 4) is 0 Å². The highest BCUT2D eigenvalue weighted by Gasteiger charge is 2.49. The SMILES string of the molecule is Cc1nnc([C@@H]2COCCN2C(=O)[C@@H]2C[C@@H]2c2ccccc2F)o1. The van der Waals surface area contributed by atoms with Crippen LogP contribution in [0.2, 0.25) is 0 Å². The molecule has 24 heavy (non-hydrogen) atoms. The highest BCUT2D eigenvalue weighted by Crippen LogP contribution is 2.50. The van der Waals surface area contributed by atoms with Crippen molar-refractivity contribution in [2.24, 2.45) is 5.92 Å². The number of aromatic nitrogens is 2. The van der Waals surface area contributed by atoms with E-state index in [0.717, 1.165) is 0 Å². The third-order valence-corrected chi connectivity index (χ3v) is 4.65. The topological polar surface area (TPSA) is 68.5 Å². The van der Waals surface area contributed by atoms with Gasteiger partial charge in [-0.25, -0.2) is 4.39 Å². The number of benzene rings is 1. The van der Waals surface area contributed by atoms with Gasteiger partial charge in [0.05, 0.1) is 13.2 Å². The lowest BCUT2D eigenvalue weighted by atomic mass is 10.1. The molecule has 1 aliphatic carbocycles. The molecular formula is C17H18FN3O3. The zero-order valence-corrected chi connectivity index (χ0v) is 13.3. The first-order chi connectivity index (χ1) is 11.6. The Balaban J connectivity index is 1.52. The van der Waals surface area contributed by atoms with Crippen LogP contribution < -0.4 is 0 Å². The quantitative estimate of drug-likeness (QED) is 0.863. The smallest absolute Gasteiger partial charge is 0.241 e. The summed E-state index contributed by atoms with van der Waals surface area (Å²) in [6, 6.07) is 6.29.